The molecule has 3 saturated carbocycles. The smallest absolute Gasteiger partial charge is 0.306 e. The summed E-state index contributed by atoms with van der Waals surface area (Å²) >= 11 is 0. The molecule has 324 valence electrons. The second kappa shape index (κ2) is 24.6. The molecule has 0 spiro atoms. The van der Waals surface area contributed by atoms with Crippen molar-refractivity contribution in [3.63, 3.8) is 0 Å². The van der Waals surface area contributed by atoms with E-state index < -0.39 is 0 Å². The highest BCUT2D eigenvalue weighted by molar-refractivity contribution is 5.70. The molecule has 56 heavy (non-hydrogen) atoms. The van der Waals surface area contributed by atoms with E-state index in [9.17, 15) is 19.2 Å². The summed E-state index contributed by atoms with van der Waals surface area (Å²) in [6.45, 7) is 13.0. The Morgan fingerprint density at radius 1 is 0.679 bits per heavy atom. The van der Waals surface area contributed by atoms with Gasteiger partial charge in [0.15, 0.2) is 0 Å². The number of hydrogen-bond acceptors (Lipinski definition) is 11. The minimum Gasteiger partial charge on any atom is -0.466 e. The molecule has 6 N–H and O–H groups in total. The molecule has 0 saturated heterocycles. The van der Waals surface area contributed by atoms with Crippen LogP contribution in [0.3, 0.4) is 0 Å². The van der Waals surface area contributed by atoms with Crippen LogP contribution in [0.1, 0.15) is 176 Å². The largest absolute Gasteiger partial charge is 0.466 e. The highest BCUT2D eigenvalue weighted by atomic mass is 16.6. The van der Waals surface area contributed by atoms with E-state index in [1.54, 1.807) is 0 Å². The molecular weight excluding hydrogens is 711 g/mol. The van der Waals surface area contributed by atoms with Gasteiger partial charge in [-0.1, -0.05) is 66.7 Å². The van der Waals surface area contributed by atoms with Gasteiger partial charge in [-0.05, 0) is 132 Å². The highest BCUT2D eigenvalue weighted by Gasteiger charge is 2.64. The minimum absolute atomic E-state index is 0.0546. The molecule has 11 nitrogen and oxygen atoms in total. The lowest BCUT2D eigenvalue weighted by Gasteiger charge is -2.59. The summed E-state index contributed by atoms with van der Waals surface area (Å²) in [5.41, 5.74) is 16.7. The number of rotatable bonds is 26. The Bertz CT molecular complexity index is 1190. The van der Waals surface area contributed by atoms with E-state index in [4.69, 9.17) is 36.1 Å². The fraction of sp³-hybridized carbons (Fsp3) is 0.911. The number of carbonyl (C=O) groups excluding carboxylic acids is 4. The predicted molar refractivity (Wildman–Crippen MR) is 220 cm³/mol. The third kappa shape index (κ3) is 13.7. The molecule has 0 radical (unpaired) electrons. The Morgan fingerprint density at radius 2 is 1.27 bits per heavy atom. The predicted octanol–water partition coefficient (Wildman–Crippen LogP) is 7.92. The molecule has 0 aliphatic heterocycles. The molecular formula is C45H81N3O8. The second-order valence-corrected chi connectivity index (χ2v) is 18.0. The average molecular weight is 792 g/mol. The molecule has 0 aromatic rings. The van der Waals surface area contributed by atoms with E-state index in [2.05, 4.69) is 34.6 Å². The van der Waals surface area contributed by atoms with Crippen LogP contribution in [0.5, 0.6) is 0 Å². The van der Waals surface area contributed by atoms with Crippen molar-refractivity contribution in [2.75, 3.05) is 26.2 Å². The number of esters is 4. The van der Waals surface area contributed by atoms with Crippen LogP contribution in [0, 0.1) is 40.4 Å². The number of carbonyl (C=O) groups is 4. The van der Waals surface area contributed by atoms with E-state index in [0.29, 0.717) is 77.6 Å². The van der Waals surface area contributed by atoms with Crippen LogP contribution in [0.2, 0.25) is 0 Å². The maximum absolute atomic E-state index is 13.5. The van der Waals surface area contributed by atoms with E-state index in [1.807, 2.05) is 0 Å². The summed E-state index contributed by atoms with van der Waals surface area (Å²) in [6.07, 6.45) is 16.3. The number of unbranched alkanes of at least 4 members (excludes halogenated alkanes) is 5. The summed E-state index contributed by atoms with van der Waals surface area (Å²) in [5, 5.41) is 0. The third-order valence-corrected chi connectivity index (χ3v) is 14.1. The van der Waals surface area contributed by atoms with Gasteiger partial charge in [0.25, 0.3) is 0 Å². The molecule has 0 heterocycles. The van der Waals surface area contributed by atoms with Crippen LogP contribution in [0.15, 0.2) is 0 Å². The summed E-state index contributed by atoms with van der Waals surface area (Å²) in [4.78, 5) is 52.3. The van der Waals surface area contributed by atoms with Gasteiger partial charge in [-0.25, -0.2) is 0 Å². The van der Waals surface area contributed by atoms with Crippen molar-refractivity contribution in [2.45, 2.75) is 194 Å². The van der Waals surface area contributed by atoms with Gasteiger partial charge < -0.3 is 36.1 Å². The first-order valence-electron chi connectivity index (χ1n) is 22.7. The van der Waals surface area contributed by atoms with Crippen LogP contribution in [0.25, 0.3) is 0 Å². The van der Waals surface area contributed by atoms with Crippen LogP contribution >= 0.6 is 0 Å². The average Bonchev–Trinajstić information content (AvgIpc) is 3.55. The Hall–Kier alpha value is -2.24. The Labute approximate surface area is 339 Å². The van der Waals surface area contributed by atoms with E-state index >= 15 is 0 Å². The molecule has 8 atom stereocenters. The quantitative estimate of drug-likeness (QED) is 0.0440. The SMILES string of the molecule is CCCCCCCCOC(=O)CC[C@@H](C)C1CC[C@H]2C([C@@H](CC)OC(=O)CCCN)[C@@H](C3(C)CCC(OC(=O)CCCN)CC3)C[C@H](OC(=O)CCCN)[C@]12C. The van der Waals surface area contributed by atoms with Crippen molar-refractivity contribution in [1.29, 1.82) is 0 Å². The van der Waals surface area contributed by atoms with Gasteiger partial charge >= 0.3 is 23.9 Å². The van der Waals surface area contributed by atoms with Crippen LogP contribution in [-0.4, -0.2) is 68.4 Å². The summed E-state index contributed by atoms with van der Waals surface area (Å²) in [6, 6.07) is 0. The van der Waals surface area contributed by atoms with Gasteiger partial charge in [-0.2, -0.15) is 0 Å². The summed E-state index contributed by atoms with van der Waals surface area (Å²) < 4.78 is 24.6. The van der Waals surface area contributed by atoms with Gasteiger partial charge in [-0.15, -0.1) is 0 Å². The van der Waals surface area contributed by atoms with Crippen molar-refractivity contribution in [1.82, 2.24) is 0 Å². The molecule has 0 amide bonds. The zero-order valence-corrected chi connectivity index (χ0v) is 36.0. The fourth-order valence-electron chi connectivity index (χ4n) is 10.9. The highest BCUT2D eigenvalue weighted by Crippen LogP contribution is 2.66. The molecule has 3 rings (SSSR count). The van der Waals surface area contributed by atoms with E-state index in [1.165, 1.54) is 25.7 Å². The zero-order valence-electron chi connectivity index (χ0n) is 36.0. The van der Waals surface area contributed by atoms with Crippen LogP contribution < -0.4 is 17.2 Å². The van der Waals surface area contributed by atoms with Crippen LogP contribution in [-0.2, 0) is 38.1 Å². The Balaban J connectivity index is 1.90. The maximum Gasteiger partial charge on any atom is 0.306 e. The van der Waals surface area contributed by atoms with Crippen molar-refractivity contribution in [3.05, 3.63) is 0 Å². The lowest BCUT2D eigenvalue weighted by Crippen LogP contribution is -2.59. The molecule has 3 aliphatic rings. The lowest BCUT2D eigenvalue weighted by molar-refractivity contribution is -0.200. The standard InChI is InChI=1S/C45H81N3O8/c1-6-8-9-10-11-12-30-53-39(49)22-19-32(3)34-20-21-35-43(37(7-2)55-41(51)17-14-28-47)36(31-38(45(34,35)5)56-42(52)18-15-29-48)44(4)25-23-33(24-26-44)54-40(50)16-13-27-46/h32-38,43H,6-31,46-48H2,1-5H3/t32-,33?,34?,35+,36+,37-,38+,43?,44?,45-/m1/s1. The Kier molecular flexibility index (Phi) is 21.2. The number of ether oxygens (including phenoxy) is 4. The van der Waals surface area contributed by atoms with Crippen molar-refractivity contribution in [3.8, 4) is 0 Å². The molecule has 3 fully saturated rings. The van der Waals surface area contributed by atoms with Crippen molar-refractivity contribution >= 4 is 23.9 Å². The van der Waals surface area contributed by atoms with Crippen molar-refractivity contribution in [2.24, 2.45) is 57.6 Å². The molecule has 3 aliphatic carbocycles. The van der Waals surface area contributed by atoms with Crippen molar-refractivity contribution < 1.29 is 38.1 Å². The number of hydrogen-bond donors (Lipinski definition) is 3. The first-order valence-corrected chi connectivity index (χ1v) is 22.7. The Morgan fingerprint density at radius 3 is 1.88 bits per heavy atom. The first-order chi connectivity index (χ1) is 26.9. The van der Waals surface area contributed by atoms with Gasteiger partial charge in [0.05, 0.1) is 6.61 Å². The lowest BCUT2D eigenvalue weighted by atomic mass is 9.48. The van der Waals surface area contributed by atoms with Gasteiger partial charge in [0.1, 0.15) is 18.3 Å². The van der Waals surface area contributed by atoms with E-state index in [-0.39, 0.29) is 95.5 Å². The van der Waals surface area contributed by atoms with Gasteiger partial charge in [0, 0.05) is 37.0 Å². The normalized spacial score (nSPS) is 29.9. The molecule has 0 bridgehead atoms. The van der Waals surface area contributed by atoms with E-state index in [0.717, 1.165) is 51.4 Å². The van der Waals surface area contributed by atoms with Crippen LogP contribution in [0.4, 0.5) is 0 Å². The number of fused-ring (bicyclic) bond motifs is 1. The minimum atomic E-state index is -0.384. The third-order valence-electron chi connectivity index (χ3n) is 14.1. The molecule has 0 aromatic carbocycles. The maximum atomic E-state index is 13.5. The molecule has 2 unspecified atom stereocenters. The first kappa shape index (κ1) is 48.1. The summed E-state index contributed by atoms with van der Waals surface area (Å²) in [7, 11) is 0. The van der Waals surface area contributed by atoms with Gasteiger partial charge in [-0.3, -0.25) is 19.2 Å². The van der Waals surface area contributed by atoms with Gasteiger partial charge in [0.2, 0.25) is 0 Å². The second-order valence-electron chi connectivity index (χ2n) is 18.0. The summed E-state index contributed by atoms with van der Waals surface area (Å²) in [5.74, 6) is -0.0484. The molecule has 11 heteroatoms. The monoisotopic (exact) mass is 792 g/mol. The fourth-order valence-corrected chi connectivity index (χ4v) is 10.9. The topological polar surface area (TPSA) is 183 Å². The number of nitrogens with two attached hydrogens (primary N) is 3. The molecule has 0 aromatic heterocycles. The zero-order chi connectivity index (χ0) is 41.1.